The van der Waals surface area contributed by atoms with E-state index in [1.165, 1.54) is 19.3 Å². The molecule has 4 atom stereocenters. The van der Waals surface area contributed by atoms with Gasteiger partial charge in [0.1, 0.15) is 0 Å². The maximum Gasteiger partial charge on any atom is 0.220 e. The van der Waals surface area contributed by atoms with E-state index in [-0.39, 0.29) is 29.4 Å². The zero-order valence-electron chi connectivity index (χ0n) is 15.7. The van der Waals surface area contributed by atoms with Crippen molar-refractivity contribution < 1.29 is 13.2 Å². The van der Waals surface area contributed by atoms with Crippen molar-refractivity contribution in [3.8, 4) is 0 Å². The van der Waals surface area contributed by atoms with Crippen LogP contribution in [-0.4, -0.2) is 57.0 Å². The molecule has 3 rings (SSSR count). The van der Waals surface area contributed by atoms with E-state index < -0.39 is 9.84 Å². The van der Waals surface area contributed by atoms with E-state index in [1.54, 1.807) is 0 Å². The molecule has 1 aliphatic carbocycles. The number of hydrogen-bond donors (Lipinski definition) is 3. The summed E-state index contributed by atoms with van der Waals surface area (Å²) in [5.41, 5.74) is 0. The average molecular weight is 385 g/mol. The molecule has 2 heterocycles. The fraction of sp³-hybridized carbons (Fsp3) is 0.889. The van der Waals surface area contributed by atoms with Crippen molar-refractivity contribution in [1.82, 2.24) is 16.0 Å². The first-order valence-corrected chi connectivity index (χ1v) is 11.8. The summed E-state index contributed by atoms with van der Waals surface area (Å²) < 4.78 is 23.3. The van der Waals surface area contributed by atoms with Crippen LogP contribution in [0.2, 0.25) is 0 Å². The second-order valence-corrected chi connectivity index (χ2v) is 10.4. The molecule has 0 aromatic rings. The molecule has 0 aromatic heterocycles. The molecule has 3 aliphatic rings. The Labute approximate surface area is 156 Å². The van der Waals surface area contributed by atoms with E-state index in [2.05, 4.69) is 22.9 Å². The van der Waals surface area contributed by atoms with Crippen molar-refractivity contribution in [2.24, 2.45) is 16.8 Å². The monoisotopic (exact) mass is 384 g/mol. The molecule has 3 fully saturated rings. The topological polar surface area (TPSA) is 99.7 Å². The highest BCUT2D eigenvalue weighted by molar-refractivity contribution is 7.91. The Kier molecular flexibility index (Phi) is 6.42. The Balaban J connectivity index is 1.62. The maximum absolute atomic E-state index is 11.7. The Morgan fingerprint density at radius 3 is 2.65 bits per heavy atom. The van der Waals surface area contributed by atoms with E-state index in [9.17, 15) is 13.2 Å². The third kappa shape index (κ3) is 5.59. The van der Waals surface area contributed by atoms with Gasteiger partial charge in [-0.3, -0.25) is 9.79 Å². The van der Waals surface area contributed by atoms with Crippen LogP contribution >= 0.6 is 0 Å². The molecule has 8 heteroatoms. The number of piperidine rings is 1. The first-order chi connectivity index (χ1) is 12.4. The summed E-state index contributed by atoms with van der Waals surface area (Å²) in [5, 5.41) is 9.94. The molecule has 3 N–H and O–H groups in total. The summed E-state index contributed by atoms with van der Waals surface area (Å²) >= 11 is 0. The van der Waals surface area contributed by atoms with Gasteiger partial charge in [-0.25, -0.2) is 8.42 Å². The first-order valence-electron chi connectivity index (χ1n) is 9.96. The fourth-order valence-corrected chi connectivity index (χ4v) is 5.97. The van der Waals surface area contributed by atoms with Crippen molar-refractivity contribution in [1.29, 1.82) is 0 Å². The number of nitrogens with one attached hydrogen (secondary N) is 3. The molecule has 0 radical (unpaired) electrons. The van der Waals surface area contributed by atoms with E-state index in [4.69, 9.17) is 4.99 Å². The van der Waals surface area contributed by atoms with Gasteiger partial charge < -0.3 is 16.0 Å². The minimum atomic E-state index is -2.87. The van der Waals surface area contributed by atoms with Crippen LogP contribution in [-0.2, 0) is 14.6 Å². The van der Waals surface area contributed by atoms with Gasteiger partial charge in [-0.1, -0.05) is 19.8 Å². The fourth-order valence-electron chi connectivity index (χ4n) is 4.13. The van der Waals surface area contributed by atoms with Gasteiger partial charge in [0.05, 0.1) is 11.5 Å². The van der Waals surface area contributed by atoms with Gasteiger partial charge >= 0.3 is 0 Å². The Morgan fingerprint density at radius 1 is 1.19 bits per heavy atom. The molecule has 7 nitrogen and oxygen atoms in total. The van der Waals surface area contributed by atoms with Gasteiger partial charge in [-0.2, -0.15) is 0 Å². The number of carbonyl (C=O) groups excluding carboxylic acids is 1. The number of carbonyl (C=O) groups is 1. The lowest BCUT2D eigenvalue weighted by Crippen LogP contribution is -2.54. The molecular formula is C18H32N4O3S. The van der Waals surface area contributed by atoms with Gasteiger partial charge in [-0.15, -0.1) is 0 Å². The van der Waals surface area contributed by atoms with Crippen LogP contribution in [0, 0.1) is 11.8 Å². The third-order valence-corrected chi connectivity index (χ3v) is 7.71. The Hall–Kier alpha value is -1.31. The zero-order valence-corrected chi connectivity index (χ0v) is 16.5. The van der Waals surface area contributed by atoms with E-state index in [0.717, 1.165) is 18.8 Å². The van der Waals surface area contributed by atoms with Gasteiger partial charge in [0.15, 0.2) is 15.8 Å². The highest BCUT2D eigenvalue weighted by Gasteiger charge is 2.28. The summed E-state index contributed by atoms with van der Waals surface area (Å²) in [6, 6.07) is 0.575. The number of sulfone groups is 1. The van der Waals surface area contributed by atoms with Crippen LogP contribution in [0.1, 0.15) is 51.9 Å². The second kappa shape index (κ2) is 8.59. The van der Waals surface area contributed by atoms with Crippen molar-refractivity contribution >= 4 is 21.7 Å². The quantitative estimate of drug-likeness (QED) is 0.492. The van der Waals surface area contributed by atoms with Crippen LogP contribution in [0.3, 0.4) is 0 Å². The minimum Gasteiger partial charge on any atom is -0.354 e. The molecule has 2 saturated heterocycles. The lowest BCUT2D eigenvalue weighted by molar-refractivity contribution is -0.122. The number of aliphatic imine (C=N–C) groups is 1. The van der Waals surface area contributed by atoms with Crippen LogP contribution < -0.4 is 16.0 Å². The van der Waals surface area contributed by atoms with Gasteiger partial charge in [-0.05, 0) is 37.5 Å². The highest BCUT2D eigenvalue weighted by Crippen LogP contribution is 2.24. The summed E-state index contributed by atoms with van der Waals surface area (Å²) in [4.78, 5) is 16.1. The van der Waals surface area contributed by atoms with E-state index in [0.29, 0.717) is 37.9 Å². The molecule has 148 valence electrons. The summed E-state index contributed by atoms with van der Waals surface area (Å²) in [7, 11) is -2.87. The van der Waals surface area contributed by atoms with E-state index >= 15 is 0 Å². The molecule has 26 heavy (non-hydrogen) atoms. The summed E-state index contributed by atoms with van der Waals surface area (Å²) in [5.74, 6) is 2.14. The standard InChI is InChI=1S/C18H32N4O3S/c1-13-4-2-3-5-16(13)22-18(21-15-6-7-17(23)19-11-15)20-10-14-8-9-26(24,25)12-14/h13-16H,2-12H2,1H3,(H,19,23)(H2,20,21,22). The van der Waals surface area contributed by atoms with Crippen molar-refractivity contribution in [3.05, 3.63) is 0 Å². The molecule has 1 saturated carbocycles. The number of nitrogens with zero attached hydrogens (tertiary/aromatic N) is 1. The largest absolute Gasteiger partial charge is 0.354 e. The van der Waals surface area contributed by atoms with Crippen molar-refractivity contribution in [3.63, 3.8) is 0 Å². The van der Waals surface area contributed by atoms with Crippen LogP contribution in [0.4, 0.5) is 0 Å². The average Bonchev–Trinajstić information content (AvgIpc) is 2.96. The summed E-state index contributed by atoms with van der Waals surface area (Å²) in [6.07, 6.45) is 6.92. The van der Waals surface area contributed by atoms with E-state index in [1.807, 2.05) is 0 Å². The second-order valence-electron chi connectivity index (χ2n) is 8.15. The maximum atomic E-state index is 11.7. The molecule has 0 spiro atoms. The highest BCUT2D eigenvalue weighted by atomic mass is 32.2. The van der Waals surface area contributed by atoms with Crippen LogP contribution in [0.15, 0.2) is 4.99 Å². The zero-order chi connectivity index (χ0) is 18.6. The predicted molar refractivity (Wildman–Crippen MR) is 103 cm³/mol. The molecular weight excluding hydrogens is 352 g/mol. The molecule has 0 bridgehead atoms. The van der Waals surface area contributed by atoms with Gasteiger partial charge in [0.25, 0.3) is 0 Å². The number of rotatable bonds is 4. The third-order valence-electron chi connectivity index (χ3n) is 5.87. The molecule has 0 aromatic carbocycles. The van der Waals surface area contributed by atoms with Crippen LogP contribution in [0.25, 0.3) is 0 Å². The van der Waals surface area contributed by atoms with Gasteiger partial charge in [0.2, 0.25) is 5.91 Å². The SMILES string of the molecule is CC1CCCCC1NC(=NCC1CCS(=O)(=O)C1)NC1CCC(=O)NC1. The molecule has 2 aliphatic heterocycles. The van der Waals surface area contributed by atoms with Gasteiger partial charge in [0, 0.05) is 31.6 Å². The lowest BCUT2D eigenvalue weighted by atomic mass is 9.86. The summed E-state index contributed by atoms with van der Waals surface area (Å²) in [6.45, 7) is 3.42. The Morgan fingerprint density at radius 2 is 2.00 bits per heavy atom. The van der Waals surface area contributed by atoms with Crippen molar-refractivity contribution in [2.45, 2.75) is 64.0 Å². The number of amides is 1. The number of hydrogen-bond acceptors (Lipinski definition) is 4. The number of guanidine groups is 1. The normalized spacial score (nSPS) is 35.0. The first kappa shape index (κ1) is 19.5. The minimum absolute atomic E-state index is 0.103. The lowest BCUT2D eigenvalue weighted by Gasteiger charge is -2.33. The van der Waals surface area contributed by atoms with Crippen molar-refractivity contribution in [2.75, 3.05) is 24.6 Å². The molecule has 4 unspecified atom stereocenters. The predicted octanol–water partition coefficient (Wildman–Crippen LogP) is 0.814. The smallest absolute Gasteiger partial charge is 0.220 e. The Bertz CT molecular complexity index is 624. The molecule has 1 amide bonds. The van der Waals surface area contributed by atoms with Crippen LogP contribution in [0.5, 0.6) is 0 Å².